The van der Waals surface area contributed by atoms with E-state index in [1.165, 1.54) is 0 Å². The van der Waals surface area contributed by atoms with Crippen LogP contribution in [0.4, 0.5) is 0 Å². The summed E-state index contributed by atoms with van der Waals surface area (Å²) in [6.07, 6.45) is 3.38. The lowest BCUT2D eigenvalue weighted by atomic mass is 10.2. The van der Waals surface area contributed by atoms with Crippen LogP contribution in [0, 0.1) is 0 Å². The Bertz CT molecular complexity index is 706. The second-order valence-electron chi connectivity index (χ2n) is 4.15. The molecule has 2 heterocycles. The molecule has 3 aromatic rings. The molecule has 0 atom stereocenters. The van der Waals surface area contributed by atoms with Gasteiger partial charge in [-0.05, 0) is 17.7 Å². The van der Waals surface area contributed by atoms with E-state index in [-0.39, 0.29) is 5.91 Å². The molecule has 0 saturated heterocycles. The first-order valence-electron chi connectivity index (χ1n) is 5.95. The van der Waals surface area contributed by atoms with E-state index >= 15 is 0 Å². The van der Waals surface area contributed by atoms with Crippen LogP contribution in [0.5, 0.6) is 0 Å². The fourth-order valence-electron chi connectivity index (χ4n) is 1.90. The Kier molecular flexibility index (Phi) is 2.94. The number of nitrogens with zero attached hydrogens (tertiary/aromatic N) is 3. The summed E-state index contributed by atoms with van der Waals surface area (Å²) in [6.45, 7) is 0.495. The number of carbonyl (C=O) groups is 1. The highest BCUT2D eigenvalue weighted by Crippen LogP contribution is 2.07. The van der Waals surface area contributed by atoms with Crippen LogP contribution in [0.2, 0.25) is 0 Å². The number of fused-ring (bicyclic) bond motifs is 1. The first kappa shape index (κ1) is 11.4. The molecule has 0 aliphatic carbocycles. The van der Waals surface area contributed by atoms with Crippen molar-refractivity contribution in [3.63, 3.8) is 0 Å². The number of nitrogens with one attached hydrogen (secondary N) is 1. The van der Waals surface area contributed by atoms with E-state index in [9.17, 15) is 4.79 Å². The molecule has 2 aromatic heterocycles. The van der Waals surface area contributed by atoms with Crippen molar-refractivity contribution in [2.45, 2.75) is 6.54 Å². The minimum atomic E-state index is -0.151. The number of carbonyl (C=O) groups excluding carboxylic acids is 1. The molecule has 0 spiro atoms. The maximum absolute atomic E-state index is 12.1. The Hall–Kier alpha value is -2.69. The Morgan fingerprint density at radius 2 is 2.00 bits per heavy atom. The van der Waals surface area contributed by atoms with Crippen LogP contribution in [0.25, 0.3) is 5.65 Å². The number of rotatable bonds is 3. The summed E-state index contributed by atoms with van der Waals surface area (Å²) in [5, 5.41) is 10.6. The van der Waals surface area contributed by atoms with Crippen LogP contribution in [0.15, 0.2) is 55.0 Å². The molecule has 0 aliphatic heterocycles. The van der Waals surface area contributed by atoms with Gasteiger partial charge in [0.15, 0.2) is 5.65 Å². The largest absolute Gasteiger partial charge is 0.348 e. The fourth-order valence-corrected chi connectivity index (χ4v) is 1.90. The van der Waals surface area contributed by atoms with Gasteiger partial charge in [0.05, 0.1) is 5.56 Å². The number of benzene rings is 1. The molecule has 3 rings (SSSR count). The number of pyridine rings is 1. The zero-order valence-corrected chi connectivity index (χ0v) is 10.2. The Balaban J connectivity index is 1.79. The quantitative estimate of drug-likeness (QED) is 0.771. The molecule has 1 aromatic carbocycles. The molecule has 19 heavy (non-hydrogen) atoms. The van der Waals surface area contributed by atoms with Crippen LogP contribution < -0.4 is 5.32 Å². The Labute approximate surface area is 109 Å². The maximum atomic E-state index is 12.1. The number of hydrogen-bond acceptors (Lipinski definition) is 3. The molecule has 5 nitrogen and oxygen atoms in total. The van der Waals surface area contributed by atoms with Crippen molar-refractivity contribution in [2.75, 3.05) is 0 Å². The number of hydrogen-bond donors (Lipinski definition) is 1. The van der Waals surface area contributed by atoms with Gasteiger partial charge in [-0.1, -0.05) is 30.3 Å². The molecule has 1 N–H and O–H groups in total. The van der Waals surface area contributed by atoms with Gasteiger partial charge in [-0.25, -0.2) is 0 Å². The molecule has 0 unspecified atom stereocenters. The Morgan fingerprint density at radius 3 is 2.84 bits per heavy atom. The summed E-state index contributed by atoms with van der Waals surface area (Å²) in [5.41, 5.74) is 2.15. The van der Waals surface area contributed by atoms with Crippen molar-refractivity contribution in [3.05, 3.63) is 66.1 Å². The van der Waals surface area contributed by atoms with Gasteiger partial charge in [0.25, 0.3) is 5.91 Å². The normalized spacial score (nSPS) is 10.5. The topological polar surface area (TPSA) is 59.3 Å². The summed E-state index contributed by atoms with van der Waals surface area (Å²) in [4.78, 5) is 12.1. The molecule has 0 radical (unpaired) electrons. The van der Waals surface area contributed by atoms with Crippen LogP contribution in [0.1, 0.15) is 15.9 Å². The second kappa shape index (κ2) is 4.89. The van der Waals surface area contributed by atoms with Gasteiger partial charge in [-0.3, -0.25) is 9.20 Å². The van der Waals surface area contributed by atoms with Crippen LogP contribution in [-0.4, -0.2) is 20.5 Å². The van der Waals surface area contributed by atoms with Gasteiger partial charge in [-0.15, -0.1) is 10.2 Å². The van der Waals surface area contributed by atoms with Crippen molar-refractivity contribution in [2.24, 2.45) is 0 Å². The average molecular weight is 252 g/mol. The van der Waals surface area contributed by atoms with Crippen molar-refractivity contribution < 1.29 is 4.79 Å². The average Bonchev–Trinajstić information content (AvgIpc) is 2.94. The Morgan fingerprint density at radius 1 is 1.16 bits per heavy atom. The monoisotopic (exact) mass is 252 g/mol. The smallest absolute Gasteiger partial charge is 0.255 e. The SMILES string of the molecule is O=C(NCc1ccccc1)c1cccn2cnnc12. The minimum absolute atomic E-state index is 0.151. The van der Waals surface area contributed by atoms with Crippen molar-refractivity contribution >= 4 is 11.6 Å². The molecule has 94 valence electrons. The third-order valence-electron chi connectivity index (χ3n) is 2.86. The van der Waals surface area contributed by atoms with E-state index < -0.39 is 0 Å². The van der Waals surface area contributed by atoms with Gasteiger partial charge in [0.1, 0.15) is 6.33 Å². The van der Waals surface area contributed by atoms with E-state index in [1.807, 2.05) is 36.5 Å². The lowest BCUT2D eigenvalue weighted by molar-refractivity contribution is 0.0952. The fraction of sp³-hybridized carbons (Fsp3) is 0.0714. The summed E-state index contributed by atoms with van der Waals surface area (Å²) in [5.74, 6) is -0.151. The third-order valence-corrected chi connectivity index (χ3v) is 2.86. The number of aromatic nitrogens is 3. The molecule has 0 bridgehead atoms. The summed E-state index contributed by atoms with van der Waals surface area (Å²) in [7, 11) is 0. The third kappa shape index (κ3) is 2.30. The lowest BCUT2D eigenvalue weighted by Gasteiger charge is -2.05. The molecule has 0 fully saturated rings. The summed E-state index contributed by atoms with van der Waals surface area (Å²) >= 11 is 0. The lowest BCUT2D eigenvalue weighted by Crippen LogP contribution is -2.23. The van der Waals surface area contributed by atoms with E-state index in [1.54, 1.807) is 22.9 Å². The molecule has 0 aliphatic rings. The van der Waals surface area contributed by atoms with E-state index in [4.69, 9.17) is 0 Å². The predicted octanol–water partition coefficient (Wildman–Crippen LogP) is 1.66. The highest BCUT2D eigenvalue weighted by Gasteiger charge is 2.11. The van der Waals surface area contributed by atoms with Gasteiger partial charge in [0.2, 0.25) is 0 Å². The maximum Gasteiger partial charge on any atom is 0.255 e. The predicted molar refractivity (Wildman–Crippen MR) is 70.6 cm³/mol. The zero-order chi connectivity index (χ0) is 13.1. The zero-order valence-electron chi connectivity index (χ0n) is 10.2. The first-order chi connectivity index (χ1) is 9.34. The highest BCUT2D eigenvalue weighted by molar-refractivity contribution is 5.99. The van der Waals surface area contributed by atoms with Crippen molar-refractivity contribution in [3.8, 4) is 0 Å². The molecule has 0 saturated carbocycles. The van der Waals surface area contributed by atoms with E-state index in [2.05, 4.69) is 15.5 Å². The highest BCUT2D eigenvalue weighted by atomic mass is 16.1. The van der Waals surface area contributed by atoms with Crippen molar-refractivity contribution in [1.29, 1.82) is 0 Å². The minimum Gasteiger partial charge on any atom is -0.348 e. The first-order valence-corrected chi connectivity index (χ1v) is 5.95. The number of amides is 1. The van der Waals surface area contributed by atoms with Gasteiger partial charge >= 0.3 is 0 Å². The molecule has 5 heteroatoms. The van der Waals surface area contributed by atoms with Crippen LogP contribution in [-0.2, 0) is 6.54 Å². The van der Waals surface area contributed by atoms with Crippen LogP contribution >= 0.6 is 0 Å². The second-order valence-corrected chi connectivity index (χ2v) is 4.15. The summed E-state index contributed by atoms with van der Waals surface area (Å²) < 4.78 is 1.72. The van der Waals surface area contributed by atoms with Crippen molar-refractivity contribution in [1.82, 2.24) is 19.9 Å². The van der Waals surface area contributed by atoms with Gasteiger partial charge in [-0.2, -0.15) is 0 Å². The van der Waals surface area contributed by atoms with E-state index in [0.29, 0.717) is 17.8 Å². The van der Waals surface area contributed by atoms with E-state index in [0.717, 1.165) is 5.56 Å². The molecular formula is C14H12N4O. The summed E-state index contributed by atoms with van der Waals surface area (Å²) in [6, 6.07) is 13.3. The van der Waals surface area contributed by atoms with Gasteiger partial charge < -0.3 is 5.32 Å². The standard InChI is InChI=1S/C14H12N4O/c19-14(15-9-11-5-2-1-3-6-11)12-7-4-8-18-10-16-17-13(12)18/h1-8,10H,9H2,(H,15,19). The molecule has 1 amide bonds. The van der Waals surface area contributed by atoms with Gasteiger partial charge in [0, 0.05) is 12.7 Å². The molecular weight excluding hydrogens is 240 g/mol. The van der Waals surface area contributed by atoms with Crippen LogP contribution in [0.3, 0.4) is 0 Å².